The Morgan fingerprint density at radius 1 is 1.53 bits per heavy atom. The van der Waals surface area contributed by atoms with E-state index in [2.05, 4.69) is 39.3 Å². The molecule has 6 nitrogen and oxygen atoms in total. The highest BCUT2D eigenvalue weighted by molar-refractivity contribution is 7.09. The van der Waals surface area contributed by atoms with Crippen molar-refractivity contribution in [2.75, 3.05) is 11.9 Å². The van der Waals surface area contributed by atoms with Crippen molar-refractivity contribution >= 4 is 22.6 Å². The highest BCUT2D eigenvalue weighted by Crippen LogP contribution is 2.05. The summed E-state index contributed by atoms with van der Waals surface area (Å²) >= 11 is 1.08. The number of hydrogen-bond donors (Lipinski definition) is 2. The standard InChI is InChI=1S/C8H15N5OS/c1-6(2)9-5-3-4-7(14)10-8-11-12-13-15-8/h6,9H,3-5H2,1-2H3,(H,10,11,13,14). The molecule has 1 heterocycles. The Labute approximate surface area is 92.6 Å². The van der Waals surface area contributed by atoms with E-state index in [4.69, 9.17) is 0 Å². The molecule has 0 aliphatic heterocycles. The molecule has 2 N–H and O–H groups in total. The molecule has 0 radical (unpaired) electrons. The third-order valence-electron chi connectivity index (χ3n) is 1.68. The third kappa shape index (κ3) is 5.38. The second-order valence-corrected chi connectivity index (χ2v) is 4.16. The monoisotopic (exact) mass is 229 g/mol. The average Bonchev–Trinajstić information content (AvgIpc) is 2.64. The Balaban J connectivity index is 2.09. The summed E-state index contributed by atoms with van der Waals surface area (Å²) in [4.78, 5) is 11.3. The van der Waals surface area contributed by atoms with Crippen molar-refractivity contribution in [1.29, 1.82) is 0 Å². The quantitative estimate of drug-likeness (QED) is 0.700. The van der Waals surface area contributed by atoms with Gasteiger partial charge in [-0.3, -0.25) is 10.1 Å². The van der Waals surface area contributed by atoms with E-state index in [-0.39, 0.29) is 5.91 Å². The van der Waals surface area contributed by atoms with Crippen LogP contribution in [0.2, 0.25) is 0 Å². The number of carbonyl (C=O) groups excluding carboxylic acids is 1. The Bertz CT molecular complexity index is 287. The van der Waals surface area contributed by atoms with E-state index in [1.165, 1.54) is 0 Å². The average molecular weight is 229 g/mol. The number of nitrogens with zero attached hydrogens (tertiary/aromatic N) is 3. The topological polar surface area (TPSA) is 79.8 Å². The van der Waals surface area contributed by atoms with Crippen LogP contribution in [0.5, 0.6) is 0 Å². The van der Waals surface area contributed by atoms with Crippen LogP contribution in [-0.2, 0) is 4.79 Å². The first kappa shape index (κ1) is 12.0. The molecular formula is C8H15N5OS. The van der Waals surface area contributed by atoms with Crippen LogP contribution in [0.4, 0.5) is 5.13 Å². The molecular weight excluding hydrogens is 214 g/mol. The molecule has 1 aromatic heterocycles. The second-order valence-electron chi connectivity index (χ2n) is 3.43. The van der Waals surface area contributed by atoms with E-state index >= 15 is 0 Å². The minimum absolute atomic E-state index is 0.0425. The summed E-state index contributed by atoms with van der Waals surface area (Å²) in [6.07, 6.45) is 1.30. The first-order chi connectivity index (χ1) is 7.18. The van der Waals surface area contributed by atoms with Crippen molar-refractivity contribution in [3.8, 4) is 0 Å². The number of carbonyl (C=O) groups is 1. The van der Waals surface area contributed by atoms with Gasteiger partial charge < -0.3 is 5.32 Å². The number of amides is 1. The molecule has 0 saturated carbocycles. The lowest BCUT2D eigenvalue weighted by molar-refractivity contribution is -0.116. The van der Waals surface area contributed by atoms with Gasteiger partial charge in [-0.25, -0.2) is 0 Å². The van der Waals surface area contributed by atoms with E-state index in [9.17, 15) is 4.79 Å². The molecule has 0 atom stereocenters. The van der Waals surface area contributed by atoms with Crippen LogP contribution in [0.3, 0.4) is 0 Å². The minimum Gasteiger partial charge on any atom is -0.315 e. The van der Waals surface area contributed by atoms with Gasteiger partial charge in [0.15, 0.2) is 0 Å². The number of rotatable bonds is 6. The van der Waals surface area contributed by atoms with Gasteiger partial charge >= 0.3 is 0 Å². The van der Waals surface area contributed by atoms with Crippen molar-refractivity contribution in [2.24, 2.45) is 0 Å². The maximum Gasteiger partial charge on any atom is 0.231 e. The summed E-state index contributed by atoms with van der Waals surface area (Å²) in [5.41, 5.74) is 0. The molecule has 1 rings (SSSR count). The van der Waals surface area contributed by atoms with E-state index in [0.29, 0.717) is 17.6 Å². The second kappa shape index (κ2) is 6.41. The lowest BCUT2D eigenvalue weighted by Crippen LogP contribution is -2.24. The van der Waals surface area contributed by atoms with Crippen molar-refractivity contribution in [2.45, 2.75) is 32.7 Å². The van der Waals surface area contributed by atoms with Crippen LogP contribution in [0.1, 0.15) is 26.7 Å². The lowest BCUT2D eigenvalue weighted by Gasteiger charge is -2.06. The van der Waals surface area contributed by atoms with Crippen molar-refractivity contribution in [1.82, 2.24) is 20.1 Å². The predicted molar refractivity (Wildman–Crippen MR) is 58.7 cm³/mol. The fraction of sp³-hybridized carbons (Fsp3) is 0.750. The Morgan fingerprint density at radius 3 is 2.93 bits per heavy atom. The van der Waals surface area contributed by atoms with Crippen LogP contribution in [0, 0.1) is 0 Å². The zero-order valence-electron chi connectivity index (χ0n) is 8.86. The van der Waals surface area contributed by atoms with Gasteiger partial charge in [0.1, 0.15) is 0 Å². The number of nitrogens with one attached hydrogen (secondary N) is 2. The smallest absolute Gasteiger partial charge is 0.231 e. The molecule has 0 unspecified atom stereocenters. The van der Waals surface area contributed by atoms with Crippen molar-refractivity contribution in [3.05, 3.63) is 0 Å². The molecule has 1 amide bonds. The lowest BCUT2D eigenvalue weighted by atomic mass is 10.3. The normalized spacial score (nSPS) is 10.6. The SMILES string of the molecule is CC(C)NCCCC(=O)Nc1nnns1. The molecule has 84 valence electrons. The first-order valence-corrected chi connectivity index (χ1v) is 5.64. The van der Waals surface area contributed by atoms with Crippen LogP contribution >= 0.6 is 11.5 Å². The zero-order chi connectivity index (χ0) is 11.1. The predicted octanol–water partition coefficient (Wildman–Crippen LogP) is 0.650. The summed E-state index contributed by atoms with van der Waals surface area (Å²) in [5, 5.41) is 13.3. The number of aromatic nitrogens is 3. The van der Waals surface area contributed by atoms with Crippen LogP contribution in [0.15, 0.2) is 0 Å². The molecule has 7 heteroatoms. The molecule has 1 aromatic rings. The van der Waals surface area contributed by atoms with Gasteiger partial charge in [-0.1, -0.05) is 23.4 Å². The van der Waals surface area contributed by atoms with Gasteiger partial charge in [-0.15, -0.1) is 0 Å². The first-order valence-electron chi connectivity index (χ1n) is 4.86. The number of anilines is 1. The highest BCUT2D eigenvalue weighted by Gasteiger charge is 2.04. The van der Waals surface area contributed by atoms with Gasteiger partial charge in [0.05, 0.1) is 0 Å². The zero-order valence-corrected chi connectivity index (χ0v) is 9.67. The summed E-state index contributed by atoms with van der Waals surface area (Å²) < 4.78 is 3.55. The molecule has 0 spiro atoms. The summed E-state index contributed by atoms with van der Waals surface area (Å²) in [5.74, 6) is -0.0425. The Kier molecular flexibility index (Phi) is 5.13. The van der Waals surface area contributed by atoms with Crippen molar-refractivity contribution in [3.63, 3.8) is 0 Å². The van der Waals surface area contributed by atoms with Gasteiger partial charge in [0.2, 0.25) is 11.0 Å². The summed E-state index contributed by atoms with van der Waals surface area (Å²) in [6.45, 7) is 5.00. The summed E-state index contributed by atoms with van der Waals surface area (Å²) in [6, 6.07) is 0.459. The summed E-state index contributed by atoms with van der Waals surface area (Å²) in [7, 11) is 0. The van der Waals surface area contributed by atoms with Crippen LogP contribution in [-0.4, -0.2) is 33.3 Å². The molecule has 0 aromatic carbocycles. The van der Waals surface area contributed by atoms with Crippen molar-refractivity contribution < 1.29 is 4.79 Å². The van der Waals surface area contributed by atoms with E-state index < -0.39 is 0 Å². The fourth-order valence-corrected chi connectivity index (χ4v) is 1.39. The number of hydrogen-bond acceptors (Lipinski definition) is 6. The van der Waals surface area contributed by atoms with E-state index in [1.807, 2.05) is 0 Å². The Hall–Kier alpha value is -1.08. The molecule has 0 aliphatic carbocycles. The molecule has 0 bridgehead atoms. The Morgan fingerprint density at radius 2 is 2.33 bits per heavy atom. The molecule has 0 aliphatic rings. The molecule has 15 heavy (non-hydrogen) atoms. The van der Waals surface area contributed by atoms with E-state index in [0.717, 1.165) is 24.5 Å². The van der Waals surface area contributed by atoms with Gasteiger partial charge in [0, 0.05) is 24.0 Å². The van der Waals surface area contributed by atoms with Gasteiger partial charge in [-0.05, 0) is 18.2 Å². The molecule has 0 saturated heterocycles. The van der Waals surface area contributed by atoms with Gasteiger partial charge in [-0.2, -0.15) is 0 Å². The molecule has 0 fully saturated rings. The van der Waals surface area contributed by atoms with E-state index in [1.54, 1.807) is 0 Å². The maximum absolute atomic E-state index is 11.3. The third-order valence-corrected chi connectivity index (χ3v) is 2.19. The van der Waals surface area contributed by atoms with Crippen LogP contribution < -0.4 is 10.6 Å². The largest absolute Gasteiger partial charge is 0.315 e. The van der Waals surface area contributed by atoms with Gasteiger partial charge in [0.25, 0.3) is 0 Å². The minimum atomic E-state index is -0.0425. The fourth-order valence-electron chi connectivity index (χ4n) is 1.00. The van der Waals surface area contributed by atoms with Crippen LogP contribution in [0.25, 0.3) is 0 Å². The maximum atomic E-state index is 11.3. The highest BCUT2D eigenvalue weighted by atomic mass is 32.1.